The van der Waals surface area contributed by atoms with Crippen molar-refractivity contribution in [1.29, 1.82) is 0 Å². The molecule has 0 radical (unpaired) electrons. The minimum atomic E-state index is -1.06. The van der Waals surface area contributed by atoms with Crippen molar-refractivity contribution in [2.75, 3.05) is 11.5 Å². The summed E-state index contributed by atoms with van der Waals surface area (Å²) >= 11 is 1.89. The van der Waals surface area contributed by atoms with Crippen LogP contribution in [0.2, 0.25) is 0 Å². The Kier molecular flexibility index (Phi) is 7.02. The summed E-state index contributed by atoms with van der Waals surface area (Å²) in [6, 6.07) is 0. The molecule has 0 saturated carbocycles. The lowest BCUT2D eigenvalue weighted by atomic mass is 9.98. The summed E-state index contributed by atoms with van der Waals surface area (Å²) in [6.07, 6.45) is 2.63. The van der Waals surface area contributed by atoms with Gasteiger partial charge < -0.3 is 10.8 Å². The smallest absolute Gasteiger partial charge is 0.323 e. The van der Waals surface area contributed by atoms with Crippen LogP contribution in [-0.2, 0) is 4.79 Å². The van der Waals surface area contributed by atoms with Gasteiger partial charge in [0.2, 0.25) is 0 Å². The van der Waals surface area contributed by atoms with E-state index in [-0.39, 0.29) is 0 Å². The van der Waals surface area contributed by atoms with Gasteiger partial charge in [0, 0.05) is 0 Å². The number of carbonyl (C=O) groups is 1. The van der Waals surface area contributed by atoms with E-state index < -0.39 is 11.5 Å². The molecule has 0 saturated heterocycles. The molecule has 0 aromatic heterocycles. The second-order valence-corrected chi connectivity index (χ2v) is 5.56. The van der Waals surface area contributed by atoms with Crippen molar-refractivity contribution in [3.63, 3.8) is 0 Å². The lowest BCUT2D eigenvalue weighted by molar-refractivity contribution is -0.142. The second kappa shape index (κ2) is 7.12. The van der Waals surface area contributed by atoms with E-state index in [0.717, 1.165) is 23.8 Å². The Morgan fingerprint density at radius 2 is 2.20 bits per heavy atom. The molecule has 2 atom stereocenters. The van der Waals surface area contributed by atoms with Crippen LogP contribution in [0.4, 0.5) is 0 Å². The summed E-state index contributed by atoms with van der Waals surface area (Å²) < 4.78 is 0. The summed E-state index contributed by atoms with van der Waals surface area (Å²) in [4.78, 5) is 10.7. The first-order valence-corrected chi connectivity index (χ1v) is 6.65. The van der Waals surface area contributed by atoms with E-state index in [1.807, 2.05) is 11.8 Å². The van der Waals surface area contributed by atoms with E-state index in [2.05, 4.69) is 13.8 Å². The van der Waals surface area contributed by atoms with E-state index in [0.29, 0.717) is 6.42 Å². The van der Waals surface area contributed by atoms with Gasteiger partial charge >= 0.3 is 5.97 Å². The maximum absolute atomic E-state index is 10.7. The number of carboxylic acid groups (broad SMARTS) is 1. The molecule has 0 aliphatic carbocycles. The Labute approximate surface area is 96.8 Å². The Bertz CT molecular complexity index is 195. The molecule has 0 spiro atoms. The minimum Gasteiger partial charge on any atom is -0.480 e. The molecular weight excluding hydrogens is 210 g/mol. The zero-order valence-electron chi connectivity index (χ0n) is 9.95. The van der Waals surface area contributed by atoms with Crippen LogP contribution in [0.25, 0.3) is 0 Å². The van der Waals surface area contributed by atoms with Gasteiger partial charge in [-0.25, -0.2) is 0 Å². The molecule has 15 heavy (non-hydrogen) atoms. The van der Waals surface area contributed by atoms with Crippen LogP contribution in [0.5, 0.6) is 0 Å². The molecule has 2 unspecified atom stereocenters. The monoisotopic (exact) mass is 233 g/mol. The highest BCUT2D eigenvalue weighted by Crippen LogP contribution is 2.16. The molecule has 90 valence electrons. The molecule has 0 aromatic rings. The molecule has 0 aliphatic rings. The van der Waals surface area contributed by atoms with E-state index in [1.54, 1.807) is 6.92 Å². The first kappa shape index (κ1) is 14.8. The van der Waals surface area contributed by atoms with Gasteiger partial charge in [-0.1, -0.05) is 20.3 Å². The lowest BCUT2D eigenvalue weighted by Gasteiger charge is -2.18. The predicted octanol–water partition coefficient (Wildman–Crippen LogP) is 2.35. The highest BCUT2D eigenvalue weighted by Gasteiger charge is 2.26. The minimum absolute atomic E-state index is 0.551. The summed E-state index contributed by atoms with van der Waals surface area (Å²) in [5.41, 5.74) is 4.56. The van der Waals surface area contributed by atoms with Gasteiger partial charge in [0.1, 0.15) is 5.54 Å². The molecule has 3 nitrogen and oxygen atoms in total. The van der Waals surface area contributed by atoms with Crippen LogP contribution in [-0.4, -0.2) is 28.1 Å². The Balaban J connectivity index is 3.51. The van der Waals surface area contributed by atoms with Crippen LogP contribution in [0.1, 0.15) is 40.0 Å². The quantitative estimate of drug-likeness (QED) is 0.632. The van der Waals surface area contributed by atoms with Crippen LogP contribution in [0.15, 0.2) is 0 Å². The van der Waals surface area contributed by atoms with Gasteiger partial charge in [-0.2, -0.15) is 11.8 Å². The zero-order chi connectivity index (χ0) is 11.9. The SMILES string of the molecule is CCC(C)CSCCCC(C)(N)C(=O)O. The van der Waals surface area contributed by atoms with Crippen molar-refractivity contribution < 1.29 is 9.90 Å². The number of hydrogen-bond donors (Lipinski definition) is 2. The summed E-state index contributed by atoms with van der Waals surface area (Å²) in [5.74, 6) is 2.00. The fourth-order valence-electron chi connectivity index (χ4n) is 1.05. The molecule has 0 aliphatic heterocycles. The molecule has 0 bridgehead atoms. The van der Waals surface area contributed by atoms with Crippen molar-refractivity contribution in [2.45, 2.75) is 45.6 Å². The maximum Gasteiger partial charge on any atom is 0.323 e. The normalized spacial score (nSPS) is 17.1. The highest BCUT2D eigenvalue weighted by molar-refractivity contribution is 7.99. The maximum atomic E-state index is 10.7. The largest absolute Gasteiger partial charge is 0.480 e. The average molecular weight is 233 g/mol. The molecule has 0 rings (SSSR count). The topological polar surface area (TPSA) is 63.3 Å². The average Bonchev–Trinajstić information content (AvgIpc) is 2.16. The van der Waals surface area contributed by atoms with Gasteiger partial charge in [0.05, 0.1) is 0 Å². The van der Waals surface area contributed by atoms with Crippen molar-refractivity contribution in [2.24, 2.45) is 11.7 Å². The first-order valence-electron chi connectivity index (χ1n) is 5.50. The third kappa shape index (κ3) is 6.79. The summed E-state index contributed by atoms with van der Waals surface area (Å²) in [5, 5.41) is 8.79. The van der Waals surface area contributed by atoms with Crippen molar-refractivity contribution in [3.8, 4) is 0 Å². The third-order valence-corrected chi connectivity index (χ3v) is 3.95. The van der Waals surface area contributed by atoms with Crippen molar-refractivity contribution >= 4 is 17.7 Å². The van der Waals surface area contributed by atoms with E-state index >= 15 is 0 Å². The van der Waals surface area contributed by atoms with Crippen molar-refractivity contribution in [1.82, 2.24) is 0 Å². The second-order valence-electron chi connectivity index (χ2n) is 4.41. The molecule has 0 aromatic carbocycles. The fraction of sp³-hybridized carbons (Fsp3) is 0.909. The van der Waals surface area contributed by atoms with E-state index in [1.165, 1.54) is 6.42 Å². The lowest BCUT2D eigenvalue weighted by Crippen LogP contribution is -2.44. The van der Waals surface area contributed by atoms with Gasteiger partial charge in [-0.15, -0.1) is 0 Å². The van der Waals surface area contributed by atoms with E-state index in [4.69, 9.17) is 10.8 Å². The van der Waals surface area contributed by atoms with Crippen molar-refractivity contribution in [3.05, 3.63) is 0 Å². The first-order chi connectivity index (χ1) is 6.90. The Morgan fingerprint density at radius 1 is 1.60 bits per heavy atom. The number of carboxylic acids is 1. The Hall–Kier alpha value is -0.220. The zero-order valence-corrected chi connectivity index (χ0v) is 10.8. The van der Waals surface area contributed by atoms with Crippen LogP contribution in [0, 0.1) is 5.92 Å². The molecule has 3 N–H and O–H groups in total. The summed E-state index contributed by atoms with van der Waals surface area (Å²) in [7, 11) is 0. The number of aliphatic carboxylic acids is 1. The van der Waals surface area contributed by atoms with Crippen LogP contribution < -0.4 is 5.73 Å². The predicted molar refractivity (Wildman–Crippen MR) is 66.2 cm³/mol. The van der Waals surface area contributed by atoms with E-state index in [9.17, 15) is 4.79 Å². The molecule has 0 fully saturated rings. The van der Waals surface area contributed by atoms with Gasteiger partial charge in [0.25, 0.3) is 0 Å². The van der Waals surface area contributed by atoms with Gasteiger partial charge in [-0.05, 0) is 37.2 Å². The number of rotatable bonds is 8. The number of nitrogens with two attached hydrogens (primary N) is 1. The standard InChI is InChI=1S/C11H23NO2S/c1-4-9(2)8-15-7-5-6-11(3,12)10(13)14/h9H,4-8,12H2,1-3H3,(H,13,14). The summed E-state index contributed by atoms with van der Waals surface area (Å²) in [6.45, 7) is 6.00. The molecular formula is C11H23NO2S. The third-order valence-electron chi connectivity index (χ3n) is 2.57. The molecule has 4 heteroatoms. The van der Waals surface area contributed by atoms with Crippen LogP contribution in [0.3, 0.4) is 0 Å². The van der Waals surface area contributed by atoms with Gasteiger partial charge in [0.15, 0.2) is 0 Å². The Morgan fingerprint density at radius 3 is 2.67 bits per heavy atom. The number of hydrogen-bond acceptors (Lipinski definition) is 3. The highest BCUT2D eigenvalue weighted by atomic mass is 32.2. The molecule has 0 heterocycles. The van der Waals surface area contributed by atoms with Crippen LogP contribution >= 0.6 is 11.8 Å². The number of thioether (sulfide) groups is 1. The van der Waals surface area contributed by atoms with Gasteiger partial charge in [-0.3, -0.25) is 4.79 Å². The fourth-order valence-corrected chi connectivity index (χ4v) is 2.20. The molecule has 0 amide bonds.